The van der Waals surface area contributed by atoms with Gasteiger partial charge in [0, 0.05) is 38.3 Å². The van der Waals surface area contributed by atoms with Crippen molar-refractivity contribution >= 4 is 23.6 Å². The van der Waals surface area contributed by atoms with Gasteiger partial charge in [-0.3, -0.25) is 19.2 Å². The highest BCUT2D eigenvalue weighted by Gasteiger charge is 2.34. The molecule has 2 saturated heterocycles. The van der Waals surface area contributed by atoms with Gasteiger partial charge in [0.15, 0.2) is 0 Å². The van der Waals surface area contributed by atoms with Crippen molar-refractivity contribution in [1.29, 1.82) is 0 Å². The Kier molecular flexibility index (Phi) is 6.52. The van der Waals surface area contributed by atoms with Crippen molar-refractivity contribution in [3.05, 3.63) is 29.6 Å². The minimum Gasteiger partial charge on any atom is -0.353 e. The third kappa shape index (κ3) is 5.39. The van der Waals surface area contributed by atoms with Gasteiger partial charge in [-0.2, -0.15) is 0 Å². The van der Waals surface area contributed by atoms with E-state index in [4.69, 9.17) is 0 Å². The second kappa shape index (κ2) is 9.72. The molecule has 4 amide bonds. The topological polar surface area (TPSA) is 112 Å². The van der Waals surface area contributed by atoms with Crippen molar-refractivity contribution in [3.63, 3.8) is 0 Å². The van der Waals surface area contributed by atoms with Gasteiger partial charge in [-0.05, 0) is 63.5 Å². The smallest absolute Gasteiger partial charge is 0.272 e. The summed E-state index contributed by atoms with van der Waals surface area (Å²) in [6, 6.07) is 5.52. The van der Waals surface area contributed by atoms with Crippen LogP contribution in [0.1, 0.15) is 72.3 Å². The van der Waals surface area contributed by atoms with Gasteiger partial charge in [0.05, 0.1) is 11.8 Å². The number of hydrogen-bond donors (Lipinski definition) is 2. The quantitative estimate of drug-likeness (QED) is 0.656. The Bertz CT molecular complexity index is 901. The number of likely N-dealkylation sites (tertiary alicyclic amines) is 2. The molecule has 5 rings (SSSR count). The number of carbonyl (C=O) groups excluding carboxylic acids is 4. The molecule has 4 fully saturated rings. The Morgan fingerprint density at radius 2 is 1.15 bits per heavy atom. The van der Waals surface area contributed by atoms with Crippen LogP contribution in [0.2, 0.25) is 0 Å². The van der Waals surface area contributed by atoms with Crippen LogP contribution in [0.25, 0.3) is 0 Å². The second-order valence-corrected chi connectivity index (χ2v) is 10.2. The van der Waals surface area contributed by atoms with E-state index in [1.165, 1.54) is 0 Å². The molecule has 182 valence electrons. The van der Waals surface area contributed by atoms with Crippen molar-refractivity contribution in [2.24, 2.45) is 11.8 Å². The minimum atomic E-state index is -0.251. The molecule has 1 aromatic heterocycles. The maximum absolute atomic E-state index is 13.2. The fourth-order valence-corrected chi connectivity index (χ4v) is 4.84. The van der Waals surface area contributed by atoms with E-state index >= 15 is 0 Å². The highest BCUT2D eigenvalue weighted by atomic mass is 16.2. The SMILES string of the molecule is O=C(NC1CC1)[C@H]1CCCN(C(=O)c2cccc(C(=O)N3CCC[C@H](C(=O)NC4CC4)C3)n2)C1. The lowest BCUT2D eigenvalue weighted by atomic mass is 9.96. The molecule has 1 aromatic rings. The summed E-state index contributed by atoms with van der Waals surface area (Å²) < 4.78 is 0. The zero-order valence-corrected chi connectivity index (χ0v) is 19.5. The van der Waals surface area contributed by atoms with Crippen molar-refractivity contribution in [3.8, 4) is 0 Å². The number of amides is 4. The predicted octanol–water partition coefficient (Wildman–Crippen LogP) is 1.34. The third-order valence-corrected chi connectivity index (χ3v) is 7.19. The Morgan fingerprint density at radius 1 is 0.706 bits per heavy atom. The first-order valence-electron chi connectivity index (χ1n) is 12.6. The fourth-order valence-electron chi connectivity index (χ4n) is 4.84. The Labute approximate surface area is 199 Å². The normalized spacial score (nSPS) is 24.9. The van der Waals surface area contributed by atoms with Crippen LogP contribution in [-0.4, -0.2) is 76.7 Å². The average Bonchev–Trinajstić information content (AvgIpc) is 3.81. The van der Waals surface area contributed by atoms with Crippen molar-refractivity contribution < 1.29 is 19.2 Å². The molecule has 2 saturated carbocycles. The van der Waals surface area contributed by atoms with Gasteiger partial charge in [0.2, 0.25) is 11.8 Å². The molecular weight excluding hydrogens is 434 g/mol. The van der Waals surface area contributed by atoms with Crippen LogP contribution in [0.5, 0.6) is 0 Å². The molecule has 3 heterocycles. The molecule has 2 aliphatic carbocycles. The van der Waals surface area contributed by atoms with Crippen LogP contribution >= 0.6 is 0 Å². The van der Waals surface area contributed by atoms with Gasteiger partial charge in [0.1, 0.15) is 11.4 Å². The molecule has 4 aliphatic rings. The number of nitrogens with one attached hydrogen (secondary N) is 2. The average molecular weight is 468 g/mol. The predicted molar refractivity (Wildman–Crippen MR) is 124 cm³/mol. The second-order valence-electron chi connectivity index (χ2n) is 10.2. The lowest BCUT2D eigenvalue weighted by molar-refractivity contribution is -0.127. The summed E-state index contributed by atoms with van der Waals surface area (Å²) in [7, 11) is 0. The monoisotopic (exact) mass is 467 g/mol. The third-order valence-electron chi connectivity index (χ3n) is 7.19. The summed E-state index contributed by atoms with van der Waals surface area (Å²) in [5.41, 5.74) is 0.434. The first kappa shape index (κ1) is 22.8. The highest BCUT2D eigenvalue weighted by Crippen LogP contribution is 2.24. The van der Waals surface area contributed by atoms with E-state index < -0.39 is 0 Å². The zero-order valence-electron chi connectivity index (χ0n) is 19.5. The van der Waals surface area contributed by atoms with Gasteiger partial charge >= 0.3 is 0 Å². The molecule has 9 heteroatoms. The summed E-state index contributed by atoms with van der Waals surface area (Å²) in [6.07, 6.45) is 7.24. The first-order chi connectivity index (χ1) is 16.5. The molecule has 0 radical (unpaired) electrons. The summed E-state index contributed by atoms with van der Waals surface area (Å²) in [5.74, 6) is -0.840. The summed E-state index contributed by atoms with van der Waals surface area (Å²) in [5, 5.41) is 6.07. The molecule has 0 spiro atoms. The van der Waals surface area contributed by atoms with E-state index in [1.807, 2.05) is 0 Å². The fraction of sp³-hybridized carbons (Fsp3) is 0.640. The number of aromatic nitrogens is 1. The van der Waals surface area contributed by atoms with Gasteiger partial charge in [-0.1, -0.05) is 6.07 Å². The van der Waals surface area contributed by atoms with Crippen LogP contribution < -0.4 is 10.6 Å². The maximum Gasteiger partial charge on any atom is 0.272 e. The number of piperidine rings is 2. The van der Waals surface area contributed by atoms with Crippen molar-refractivity contribution in [2.45, 2.75) is 63.5 Å². The number of rotatable bonds is 6. The number of nitrogens with zero attached hydrogens (tertiary/aromatic N) is 3. The van der Waals surface area contributed by atoms with Gasteiger partial charge in [0.25, 0.3) is 11.8 Å². The largest absolute Gasteiger partial charge is 0.353 e. The van der Waals surface area contributed by atoms with Crippen molar-refractivity contribution in [1.82, 2.24) is 25.4 Å². The standard InChI is InChI=1S/C25H33N5O4/c31-22(26-18-8-9-18)16-4-2-12-29(14-16)24(33)20-6-1-7-21(28-20)25(34)30-13-3-5-17(15-30)23(32)27-19-10-11-19/h1,6-7,16-19H,2-5,8-15H2,(H,26,31)(H,27,32)/t16-,17-/m0/s1. The summed E-state index contributed by atoms with van der Waals surface area (Å²) >= 11 is 0. The highest BCUT2D eigenvalue weighted by molar-refractivity contribution is 5.97. The summed E-state index contributed by atoms with van der Waals surface area (Å²) in [4.78, 5) is 59.0. The molecule has 0 bridgehead atoms. The van der Waals surface area contributed by atoms with E-state index in [0.717, 1.165) is 51.4 Å². The lowest BCUT2D eigenvalue weighted by Gasteiger charge is -2.32. The molecule has 2 N–H and O–H groups in total. The molecule has 0 unspecified atom stereocenters. The van der Waals surface area contributed by atoms with Crippen LogP contribution in [0.3, 0.4) is 0 Å². The van der Waals surface area contributed by atoms with Crippen molar-refractivity contribution in [2.75, 3.05) is 26.2 Å². The van der Waals surface area contributed by atoms with Crippen LogP contribution in [-0.2, 0) is 9.59 Å². The van der Waals surface area contributed by atoms with E-state index in [0.29, 0.717) is 38.3 Å². The Morgan fingerprint density at radius 3 is 1.56 bits per heavy atom. The van der Waals surface area contributed by atoms with Crippen LogP contribution in [0, 0.1) is 11.8 Å². The zero-order chi connectivity index (χ0) is 23.7. The summed E-state index contributed by atoms with van der Waals surface area (Å²) in [6.45, 7) is 1.91. The van der Waals surface area contributed by atoms with Crippen LogP contribution in [0.4, 0.5) is 0 Å². The molecule has 2 aliphatic heterocycles. The first-order valence-corrected chi connectivity index (χ1v) is 12.6. The van der Waals surface area contributed by atoms with Gasteiger partial charge in [-0.25, -0.2) is 4.98 Å². The number of pyridine rings is 1. The van der Waals surface area contributed by atoms with E-state index in [1.54, 1.807) is 28.0 Å². The molecular formula is C25H33N5O4. The van der Waals surface area contributed by atoms with Gasteiger partial charge < -0.3 is 20.4 Å². The van der Waals surface area contributed by atoms with E-state index in [-0.39, 0.29) is 46.9 Å². The Balaban J connectivity index is 1.21. The minimum absolute atomic E-state index is 0.0299. The Hall–Kier alpha value is -2.97. The molecule has 0 aromatic carbocycles. The lowest BCUT2D eigenvalue weighted by Crippen LogP contribution is -2.46. The molecule has 2 atom stereocenters. The molecule has 9 nitrogen and oxygen atoms in total. The molecule has 34 heavy (non-hydrogen) atoms. The maximum atomic E-state index is 13.2. The number of hydrogen-bond acceptors (Lipinski definition) is 5. The van der Waals surface area contributed by atoms with Crippen LogP contribution in [0.15, 0.2) is 18.2 Å². The number of carbonyl (C=O) groups is 4. The van der Waals surface area contributed by atoms with E-state index in [9.17, 15) is 19.2 Å². The van der Waals surface area contributed by atoms with Gasteiger partial charge in [-0.15, -0.1) is 0 Å². The van der Waals surface area contributed by atoms with E-state index in [2.05, 4.69) is 15.6 Å².